The number of nitrogens with two attached hydrogens (primary N) is 1. The van der Waals surface area contributed by atoms with E-state index in [2.05, 4.69) is 0 Å². The molecule has 0 heterocycles. The van der Waals surface area contributed by atoms with Gasteiger partial charge in [-0.15, -0.1) is 0 Å². The zero-order valence-electron chi connectivity index (χ0n) is 4.66. The zero-order valence-corrected chi connectivity index (χ0v) is 5.56. The second-order valence-corrected chi connectivity index (χ2v) is 2.17. The molecule has 0 atom stereocenters. The lowest BCUT2D eigenvalue weighted by molar-refractivity contribution is -0.116. The second kappa shape index (κ2) is 4.42. The van der Waals surface area contributed by atoms with Crippen LogP contribution in [0.2, 0.25) is 0 Å². The predicted molar refractivity (Wildman–Crippen MR) is 32.4 cm³/mol. The Kier molecular flexibility index (Phi) is 4.20. The van der Waals surface area contributed by atoms with Gasteiger partial charge in [-0.1, -0.05) is 0 Å². The first-order valence-corrected chi connectivity index (χ1v) is 3.44. The van der Waals surface area contributed by atoms with Crippen LogP contribution in [0.25, 0.3) is 0 Å². The van der Waals surface area contributed by atoms with Crippen LogP contribution < -0.4 is 10.5 Å². The minimum absolute atomic E-state index is 0.129. The molecule has 0 saturated carbocycles. The van der Waals surface area contributed by atoms with Crippen molar-refractivity contribution in [2.75, 3.05) is 13.1 Å². The van der Waals surface area contributed by atoms with Gasteiger partial charge in [-0.2, -0.15) is 0 Å². The average molecular weight is 152 g/mol. The Morgan fingerprint density at radius 1 is 1.56 bits per heavy atom. The molecule has 0 saturated heterocycles. The molecular formula is C3H8N2O3S. The van der Waals surface area contributed by atoms with Gasteiger partial charge in [-0.3, -0.25) is 4.79 Å². The van der Waals surface area contributed by atoms with Crippen LogP contribution in [0, 0.1) is 0 Å². The molecule has 0 fully saturated rings. The van der Waals surface area contributed by atoms with E-state index < -0.39 is 10.9 Å². The van der Waals surface area contributed by atoms with Gasteiger partial charge in [0, 0.05) is 0 Å². The van der Waals surface area contributed by atoms with E-state index in [4.69, 9.17) is 5.73 Å². The van der Waals surface area contributed by atoms with Crippen molar-refractivity contribution in [2.45, 2.75) is 0 Å². The van der Waals surface area contributed by atoms with Crippen LogP contribution in [0.15, 0.2) is 0 Å². The van der Waals surface area contributed by atoms with E-state index in [0.29, 0.717) is 0 Å². The van der Waals surface area contributed by atoms with Gasteiger partial charge < -0.3 is 5.73 Å². The van der Waals surface area contributed by atoms with Gasteiger partial charge in [0.25, 0.3) is 0 Å². The number of nitrogens with one attached hydrogen (secondary N) is 1. The normalized spacial score (nSPS) is 10.0. The van der Waals surface area contributed by atoms with Gasteiger partial charge in [0.2, 0.25) is 10.9 Å². The molecule has 5 nitrogen and oxygen atoms in total. The summed E-state index contributed by atoms with van der Waals surface area (Å²) in [6.07, 6.45) is 0. The van der Waals surface area contributed by atoms with Crippen LogP contribution in [0.3, 0.4) is 0 Å². The molecule has 6 heteroatoms. The van der Waals surface area contributed by atoms with Crippen molar-refractivity contribution in [3.8, 4) is 0 Å². The smallest absolute Gasteiger partial charge is 0.201 e. The van der Waals surface area contributed by atoms with Crippen molar-refractivity contribution < 1.29 is 13.2 Å². The molecule has 0 aromatic heterocycles. The van der Waals surface area contributed by atoms with Crippen molar-refractivity contribution in [3.05, 3.63) is 0 Å². The summed E-state index contributed by atoms with van der Waals surface area (Å²) in [7, 11) is -2.67. The fourth-order valence-corrected chi connectivity index (χ4v) is 0.530. The maximum absolute atomic E-state index is 10.3. The molecule has 0 spiro atoms. The van der Waals surface area contributed by atoms with E-state index in [1.165, 1.54) is 0 Å². The molecular weight excluding hydrogens is 144 g/mol. The first kappa shape index (κ1) is 8.54. The Morgan fingerprint density at radius 3 is 2.44 bits per heavy atom. The molecule has 54 valence electrons. The number of hydrogen-bond acceptors (Lipinski definition) is 4. The van der Waals surface area contributed by atoms with Gasteiger partial charge in [-0.25, -0.2) is 13.1 Å². The van der Waals surface area contributed by atoms with Crippen molar-refractivity contribution in [3.63, 3.8) is 0 Å². The van der Waals surface area contributed by atoms with Gasteiger partial charge in [0.15, 0.2) is 5.78 Å². The van der Waals surface area contributed by atoms with E-state index in [0.717, 1.165) is 0 Å². The predicted octanol–water partition coefficient (Wildman–Crippen LogP) is -2.37. The summed E-state index contributed by atoms with van der Waals surface area (Å²) in [5, 5.41) is 0. The third-order valence-corrected chi connectivity index (χ3v) is 1.05. The molecule has 0 aliphatic rings. The first-order valence-electron chi connectivity index (χ1n) is 2.26. The summed E-state index contributed by atoms with van der Waals surface area (Å²) in [6, 6.07) is 0. The van der Waals surface area contributed by atoms with Crippen LogP contribution in [0.4, 0.5) is 0 Å². The number of ketones is 1. The summed E-state index contributed by atoms with van der Waals surface area (Å²) in [5.74, 6) is -0.325. The standard InChI is InChI=1S/C3H8N2O3S/c4-1-3(6)2-5-9(7)8/h9H,1-2,4H2,(H,5,7,8). The Bertz CT molecular complexity index is 156. The number of thiol groups is 1. The van der Waals surface area contributed by atoms with Crippen LogP contribution in [-0.4, -0.2) is 27.3 Å². The number of Topliss-reactive ketones (excluding diaryl/α,β-unsaturated/α-hetero) is 1. The van der Waals surface area contributed by atoms with E-state index in [1.807, 2.05) is 4.72 Å². The average Bonchev–Trinajstić information content (AvgIpc) is 1.83. The van der Waals surface area contributed by atoms with Crippen LogP contribution >= 0.6 is 0 Å². The van der Waals surface area contributed by atoms with Gasteiger partial charge in [0.1, 0.15) is 0 Å². The molecule has 0 amide bonds. The summed E-state index contributed by atoms with van der Waals surface area (Å²) >= 11 is 0. The van der Waals surface area contributed by atoms with Gasteiger partial charge >= 0.3 is 0 Å². The quantitative estimate of drug-likeness (QED) is 0.393. The van der Waals surface area contributed by atoms with Crippen molar-refractivity contribution in [1.29, 1.82) is 0 Å². The molecule has 0 radical (unpaired) electrons. The summed E-state index contributed by atoms with van der Waals surface area (Å²) < 4.78 is 21.4. The van der Waals surface area contributed by atoms with E-state index >= 15 is 0 Å². The number of rotatable bonds is 4. The lowest BCUT2D eigenvalue weighted by Gasteiger charge is -1.90. The third kappa shape index (κ3) is 5.41. The molecule has 3 N–H and O–H groups in total. The molecule has 0 rings (SSSR count). The number of hydrogen-bond donors (Lipinski definition) is 3. The third-order valence-electron chi connectivity index (χ3n) is 0.633. The SMILES string of the molecule is NCC(=O)CN[SH](=O)=O. The first-order chi connectivity index (χ1) is 4.16. The Hall–Kier alpha value is -0.460. The Balaban J connectivity index is 3.39. The highest BCUT2D eigenvalue weighted by atomic mass is 32.2. The van der Waals surface area contributed by atoms with Crippen molar-refractivity contribution in [2.24, 2.45) is 5.73 Å². The molecule has 0 aliphatic carbocycles. The lowest BCUT2D eigenvalue weighted by atomic mass is 10.4. The summed E-state index contributed by atoms with van der Waals surface area (Å²) in [6.45, 7) is -0.328. The highest BCUT2D eigenvalue weighted by Crippen LogP contribution is 1.61. The molecule has 0 aromatic rings. The van der Waals surface area contributed by atoms with Crippen molar-refractivity contribution in [1.82, 2.24) is 4.72 Å². The van der Waals surface area contributed by atoms with E-state index in [-0.39, 0.29) is 18.9 Å². The highest BCUT2D eigenvalue weighted by molar-refractivity contribution is 7.70. The minimum atomic E-state index is -2.67. The van der Waals surface area contributed by atoms with Crippen molar-refractivity contribution >= 4 is 16.7 Å². The Morgan fingerprint density at radius 2 is 2.11 bits per heavy atom. The molecule has 0 aliphatic heterocycles. The largest absolute Gasteiger partial charge is 0.324 e. The monoisotopic (exact) mass is 152 g/mol. The molecule has 0 bridgehead atoms. The lowest BCUT2D eigenvalue weighted by Crippen LogP contribution is -2.26. The van der Waals surface area contributed by atoms with Gasteiger partial charge in [0.05, 0.1) is 13.1 Å². The number of carbonyl (C=O) groups excluding carboxylic acids is 1. The van der Waals surface area contributed by atoms with Gasteiger partial charge in [-0.05, 0) is 0 Å². The van der Waals surface area contributed by atoms with E-state index in [1.54, 1.807) is 0 Å². The highest BCUT2D eigenvalue weighted by Gasteiger charge is 1.95. The van der Waals surface area contributed by atoms with Crippen LogP contribution in [0.1, 0.15) is 0 Å². The topological polar surface area (TPSA) is 89.3 Å². The molecule has 9 heavy (non-hydrogen) atoms. The Labute approximate surface area is 54.3 Å². The number of carbonyl (C=O) groups is 1. The summed E-state index contributed by atoms with van der Waals surface area (Å²) in [5.41, 5.74) is 4.87. The molecule has 0 unspecified atom stereocenters. The fourth-order valence-electron chi connectivity index (χ4n) is 0.225. The van der Waals surface area contributed by atoms with Crippen LogP contribution in [0.5, 0.6) is 0 Å². The fraction of sp³-hybridized carbons (Fsp3) is 0.667. The van der Waals surface area contributed by atoms with Crippen LogP contribution in [-0.2, 0) is 15.7 Å². The second-order valence-electron chi connectivity index (χ2n) is 1.33. The van der Waals surface area contributed by atoms with E-state index in [9.17, 15) is 13.2 Å². The maximum Gasteiger partial charge on any atom is 0.201 e. The molecule has 0 aromatic carbocycles. The maximum atomic E-state index is 10.3. The zero-order chi connectivity index (χ0) is 7.28. The minimum Gasteiger partial charge on any atom is -0.324 e. The summed E-state index contributed by atoms with van der Waals surface area (Å²) in [4.78, 5) is 10.3.